The van der Waals surface area contributed by atoms with Crippen molar-refractivity contribution in [2.45, 2.75) is 31.8 Å². The molecule has 1 saturated carbocycles. The number of carboxylic acids is 1. The zero-order valence-corrected chi connectivity index (χ0v) is 25.0. The van der Waals surface area contributed by atoms with Crippen molar-refractivity contribution in [2.75, 3.05) is 36.5 Å². The molecule has 2 heterocycles. The molecule has 0 radical (unpaired) electrons. The zero-order valence-electron chi connectivity index (χ0n) is 25.0. The van der Waals surface area contributed by atoms with Crippen molar-refractivity contribution in [3.8, 4) is 11.1 Å². The molecule has 4 aromatic rings. The van der Waals surface area contributed by atoms with Crippen LogP contribution in [0, 0.1) is 5.92 Å². The number of hydrogen-bond donors (Lipinski definition) is 2. The van der Waals surface area contributed by atoms with Crippen LogP contribution in [0.25, 0.3) is 11.1 Å². The summed E-state index contributed by atoms with van der Waals surface area (Å²) in [6.45, 7) is 2.95. The van der Waals surface area contributed by atoms with Gasteiger partial charge in [-0.2, -0.15) is 0 Å². The van der Waals surface area contributed by atoms with Gasteiger partial charge >= 0.3 is 5.97 Å². The second-order valence-corrected chi connectivity index (χ2v) is 11.5. The molecule has 1 aromatic heterocycles. The topological polar surface area (TPSA) is 112 Å². The van der Waals surface area contributed by atoms with Gasteiger partial charge in [-0.25, -0.2) is 0 Å². The highest BCUT2D eigenvalue weighted by atomic mass is 16.5. The van der Waals surface area contributed by atoms with Crippen LogP contribution >= 0.6 is 0 Å². The van der Waals surface area contributed by atoms with Crippen LogP contribution in [0.2, 0.25) is 0 Å². The summed E-state index contributed by atoms with van der Waals surface area (Å²) < 4.78 is 5.56. The normalized spacial score (nSPS) is 15.2. The van der Waals surface area contributed by atoms with Crippen molar-refractivity contribution in [3.05, 3.63) is 114 Å². The van der Waals surface area contributed by atoms with E-state index in [0.717, 1.165) is 48.3 Å². The molecule has 6 rings (SSSR count). The van der Waals surface area contributed by atoms with Crippen molar-refractivity contribution >= 4 is 29.2 Å². The van der Waals surface area contributed by atoms with Gasteiger partial charge in [-0.15, -0.1) is 0 Å². The predicted octanol–water partition coefficient (Wildman–Crippen LogP) is 5.79. The van der Waals surface area contributed by atoms with Gasteiger partial charge < -0.3 is 25.0 Å². The fourth-order valence-electron chi connectivity index (χ4n) is 5.78. The number of ether oxygens (including phenoxy) is 1. The summed E-state index contributed by atoms with van der Waals surface area (Å²) in [4.78, 5) is 46.8. The molecule has 2 fully saturated rings. The number of carbonyl (C=O) groups is 3. The maximum Gasteiger partial charge on any atom is 0.305 e. The van der Waals surface area contributed by atoms with E-state index in [1.54, 1.807) is 35.5 Å². The highest BCUT2D eigenvalue weighted by Crippen LogP contribution is 2.37. The fraction of sp³-hybridized carbons (Fsp3) is 0.278. The third kappa shape index (κ3) is 7.38. The summed E-state index contributed by atoms with van der Waals surface area (Å²) in [5.41, 5.74) is 5.62. The summed E-state index contributed by atoms with van der Waals surface area (Å²) in [7, 11) is 0. The molecule has 45 heavy (non-hydrogen) atoms. The number of aromatic nitrogens is 1. The lowest BCUT2D eigenvalue weighted by Crippen LogP contribution is -2.36. The third-order valence-electron chi connectivity index (χ3n) is 8.27. The molecule has 230 valence electrons. The van der Waals surface area contributed by atoms with Crippen molar-refractivity contribution in [1.29, 1.82) is 0 Å². The molecule has 2 amide bonds. The molecule has 9 nitrogen and oxygen atoms in total. The van der Waals surface area contributed by atoms with Gasteiger partial charge in [0.05, 0.1) is 37.1 Å². The van der Waals surface area contributed by atoms with E-state index < -0.39 is 12.0 Å². The predicted molar refractivity (Wildman–Crippen MR) is 172 cm³/mol. The Bertz CT molecular complexity index is 1650. The molecule has 3 aromatic carbocycles. The number of rotatable bonds is 11. The molecular weight excluding hydrogens is 568 g/mol. The van der Waals surface area contributed by atoms with Crippen LogP contribution in [0.3, 0.4) is 0 Å². The van der Waals surface area contributed by atoms with Crippen LogP contribution in [0.4, 0.5) is 11.4 Å². The number of carbonyl (C=O) groups excluding carboxylic acids is 2. The molecule has 1 aliphatic carbocycles. The van der Waals surface area contributed by atoms with E-state index in [1.165, 1.54) is 0 Å². The summed E-state index contributed by atoms with van der Waals surface area (Å²) in [6.07, 6.45) is 4.69. The van der Waals surface area contributed by atoms with Crippen LogP contribution in [0.15, 0.2) is 97.3 Å². The van der Waals surface area contributed by atoms with Gasteiger partial charge in [0, 0.05) is 43.5 Å². The molecular formula is C36H36N4O5. The molecule has 2 aliphatic rings. The Balaban J connectivity index is 1.32. The number of nitrogens with one attached hydrogen (secondary N) is 1. The minimum atomic E-state index is -0.975. The molecule has 9 heteroatoms. The summed E-state index contributed by atoms with van der Waals surface area (Å²) in [5.74, 6) is -1.28. The maximum atomic E-state index is 13.6. The molecule has 0 bridgehead atoms. The average molecular weight is 605 g/mol. The minimum Gasteiger partial charge on any atom is -0.481 e. The number of aliphatic carboxylic acids is 1. The van der Waals surface area contributed by atoms with Crippen LogP contribution in [0.1, 0.15) is 46.8 Å². The number of anilines is 2. The Kier molecular flexibility index (Phi) is 9.17. The van der Waals surface area contributed by atoms with E-state index in [1.807, 2.05) is 66.7 Å². The van der Waals surface area contributed by atoms with Crippen molar-refractivity contribution in [1.82, 2.24) is 9.88 Å². The number of amides is 2. The largest absolute Gasteiger partial charge is 0.481 e. The van der Waals surface area contributed by atoms with E-state index in [9.17, 15) is 19.5 Å². The van der Waals surface area contributed by atoms with Gasteiger partial charge in [-0.05, 0) is 71.5 Å². The Morgan fingerprint density at radius 3 is 2.42 bits per heavy atom. The molecule has 1 unspecified atom stereocenters. The minimum absolute atomic E-state index is 0.0312. The second-order valence-electron chi connectivity index (χ2n) is 11.5. The average Bonchev–Trinajstić information content (AvgIpc) is 3.93. The molecule has 1 aliphatic heterocycles. The highest BCUT2D eigenvalue weighted by molar-refractivity contribution is 6.06. The zero-order chi connectivity index (χ0) is 31.2. The Hall–Kier alpha value is -5.02. The lowest BCUT2D eigenvalue weighted by molar-refractivity contribution is -0.142. The molecule has 2 N–H and O–H groups in total. The summed E-state index contributed by atoms with van der Waals surface area (Å²) >= 11 is 0. The van der Waals surface area contributed by atoms with Gasteiger partial charge in [0.15, 0.2) is 0 Å². The fourth-order valence-corrected chi connectivity index (χ4v) is 5.78. The molecule has 1 saturated heterocycles. The van der Waals surface area contributed by atoms with Crippen LogP contribution < -0.4 is 10.2 Å². The summed E-state index contributed by atoms with van der Waals surface area (Å²) in [6, 6.07) is 26.1. The number of morpholine rings is 1. The smallest absolute Gasteiger partial charge is 0.305 e. The van der Waals surface area contributed by atoms with Gasteiger partial charge in [-0.1, -0.05) is 48.5 Å². The van der Waals surface area contributed by atoms with Gasteiger partial charge in [0.25, 0.3) is 5.91 Å². The van der Waals surface area contributed by atoms with Crippen molar-refractivity contribution in [2.24, 2.45) is 5.92 Å². The van der Waals surface area contributed by atoms with Crippen molar-refractivity contribution < 1.29 is 24.2 Å². The Labute approximate surface area is 262 Å². The number of benzene rings is 3. The van der Waals surface area contributed by atoms with E-state index in [4.69, 9.17) is 4.74 Å². The number of nitrogens with zero attached hydrogens (tertiary/aromatic N) is 3. The number of pyridine rings is 1. The quantitative estimate of drug-likeness (QED) is 0.223. The maximum absolute atomic E-state index is 13.6. The molecule has 1 atom stereocenters. The Morgan fingerprint density at radius 2 is 1.71 bits per heavy atom. The summed E-state index contributed by atoms with van der Waals surface area (Å²) in [5, 5.41) is 12.9. The van der Waals surface area contributed by atoms with Crippen LogP contribution in [-0.2, 0) is 20.9 Å². The standard InChI is InChI=1S/C36H36N4O5/c41-34(42)22-33(30-10-5-15-37-23-30)40(36(44)27-11-12-27)24-25-6-4-9-28(20-25)29-13-14-32(39-16-18-45-19-17-39)31(21-29)38-35(43)26-7-2-1-3-8-26/h1-10,13-15,20-21,23,27,33H,11-12,16-19,22,24H2,(H,38,43)(H,41,42). The van der Waals surface area contributed by atoms with Crippen LogP contribution in [-0.4, -0.2) is 59.1 Å². The van der Waals surface area contributed by atoms with Gasteiger partial charge in [0.1, 0.15) is 0 Å². The first kappa shape index (κ1) is 30.0. The third-order valence-corrected chi connectivity index (χ3v) is 8.27. The monoisotopic (exact) mass is 604 g/mol. The highest BCUT2D eigenvalue weighted by Gasteiger charge is 2.37. The SMILES string of the molecule is O=C(O)CC(c1cccnc1)N(Cc1cccc(-c2ccc(N3CCOCC3)c(NC(=O)c3ccccc3)c2)c1)C(=O)C1CC1. The first-order valence-electron chi connectivity index (χ1n) is 15.3. The lowest BCUT2D eigenvalue weighted by Gasteiger charge is -2.32. The van der Waals surface area contributed by atoms with Crippen LogP contribution in [0.5, 0.6) is 0 Å². The van der Waals surface area contributed by atoms with Gasteiger partial charge in [-0.3, -0.25) is 19.4 Å². The van der Waals surface area contributed by atoms with E-state index in [-0.39, 0.29) is 30.7 Å². The van der Waals surface area contributed by atoms with E-state index in [2.05, 4.69) is 15.2 Å². The second kappa shape index (κ2) is 13.7. The van der Waals surface area contributed by atoms with E-state index in [0.29, 0.717) is 30.0 Å². The van der Waals surface area contributed by atoms with Crippen molar-refractivity contribution in [3.63, 3.8) is 0 Å². The lowest BCUT2D eigenvalue weighted by atomic mass is 9.99. The number of hydrogen-bond acceptors (Lipinski definition) is 6. The molecule has 0 spiro atoms. The van der Waals surface area contributed by atoms with E-state index >= 15 is 0 Å². The Morgan fingerprint density at radius 1 is 0.933 bits per heavy atom. The first-order chi connectivity index (χ1) is 22.0. The number of carboxylic acid groups (broad SMARTS) is 1. The first-order valence-corrected chi connectivity index (χ1v) is 15.3. The van der Waals surface area contributed by atoms with Gasteiger partial charge in [0.2, 0.25) is 5.91 Å².